The third-order valence-corrected chi connectivity index (χ3v) is 2.97. The fourth-order valence-corrected chi connectivity index (χ4v) is 1.93. The molecule has 0 fully saturated rings. The van der Waals surface area contributed by atoms with E-state index in [-0.39, 0.29) is 5.91 Å². The lowest BCUT2D eigenvalue weighted by molar-refractivity contribution is 0.102. The van der Waals surface area contributed by atoms with E-state index in [2.05, 4.69) is 5.32 Å². The fraction of sp³-hybridized carbons (Fsp3) is 0.188. The normalized spacial score (nSPS) is 10.1. The molecular formula is C16H18N2O2. The molecule has 0 aliphatic heterocycles. The number of nitrogens with one attached hydrogen (secondary N) is 1. The smallest absolute Gasteiger partial charge is 0.255 e. The Morgan fingerprint density at radius 2 is 2.00 bits per heavy atom. The summed E-state index contributed by atoms with van der Waals surface area (Å²) < 4.78 is 5.36. The van der Waals surface area contributed by atoms with Crippen molar-refractivity contribution in [1.82, 2.24) is 0 Å². The highest BCUT2D eigenvalue weighted by atomic mass is 16.5. The highest BCUT2D eigenvalue weighted by Crippen LogP contribution is 2.25. The molecule has 2 rings (SSSR count). The maximum absolute atomic E-state index is 12.2. The minimum Gasteiger partial charge on any atom is -0.494 e. The van der Waals surface area contributed by atoms with E-state index in [1.807, 2.05) is 32.0 Å². The standard InChI is InChI=1S/C16H18N2O2/c1-3-20-12-8-9-15(14(17)10-12)18-16(19)13-7-5-4-6-11(13)2/h4-10H,3,17H2,1-2H3,(H,18,19). The Labute approximate surface area is 118 Å². The van der Waals surface area contributed by atoms with Gasteiger partial charge >= 0.3 is 0 Å². The quantitative estimate of drug-likeness (QED) is 0.838. The molecule has 4 nitrogen and oxygen atoms in total. The molecule has 0 unspecified atom stereocenters. The summed E-state index contributed by atoms with van der Waals surface area (Å²) in [4.78, 5) is 12.2. The summed E-state index contributed by atoms with van der Waals surface area (Å²) in [6.45, 7) is 4.38. The van der Waals surface area contributed by atoms with Gasteiger partial charge in [0.25, 0.3) is 5.91 Å². The van der Waals surface area contributed by atoms with Crippen LogP contribution in [0.2, 0.25) is 0 Å². The van der Waals surface area contributed by atoms with Crippen LogP contribution in [0, 0.1) is 6.92 Å². The van der Waals surface area contributed by atoms with Crippen molar-refractivity contribution in [3.05, 3.63) is 53.6 Å². The Balaban J connectivity index is 2.18. The van der Waals surface area contributed by atoms with Gasteiger partial charge in [-0.15, -0.1) is 0 Å². The van der Waals surface area contributed by atoms with Gasteiger partial charge in [0.05, 0.1) is 18.0 Å². The van der Waals surface area contributed by atoms with Crippen molar-refractivity contribution in [3.8, 4) is 5.75 Å². The monoisotopic (exact) mass is 270 g/mol. The Kier molecular flexibility index (Phi) is 4.25. The van der Waals surface area contributed by atoms with Gasteiger partial charge in [-0.2, -0.15) is 0 Å². The molecule has 1 amide bonds. The number of aryl methyl sites for hydroxylation is 1. The summed E-state index contributed by atoms with van der Waals surface area (Å²) >= 11 is 0. The predicted molar refractivity (Wildman–Crippen MR) is 81.2 cm³/mol. The Morgan fingerprint density at radius 1 is 1.25 bits per heavy atom. The number of hydrogen-bond acceptors (Lipinski definition) is 3. The van der Waals surface area contributed by atoms with Crippen LogP contribution >= 0.6 is 0 Å². The van der Waals surface area contributed by atoms with Gasteiger partial charge in [0, 0.05) is 11.6 Å². The first-order valence-corrected chi connectivity index (χ1v) is 6.51. The SMILES string of the molecule is CCOc1ccc(NC(=O)c2ccccc2C)c(N)c1. The summed E-state index contributed by atoms with van der Waals surface area (Å²) in [5.41, 5.74) is 8.56. The lowest BCUT2D eigenvalue weighted by Gasteiger charge is -2.11. The minimum absolute atomic E-state index is 0.168. The second-order valence-corrected chi connectivity index (χ2v) is 4.45. The number of benzene rings is 2. The zero-order chi connectivity index (χ0) is 14.5. The third-order valence-electron chi connectivity index (χ3n) is 2.97. The summed E-state index contributed by atoms with van der Waals surface area (Å²) in [6.07, 6.45) is 0. The molecule has 4 heteroatoms. The zero-order valence-electron chi connectivity index (χ0n) is 11.6. The van der Waals surface area contributed by atoms with Crippen LogP contribution < -0.4 is 15.8 Å². The predicted octanol–water partition coefficient (Wildman–Crippen LogP) is 3.23. The van der Waals surface area contributed by atoms with Crippen molar-refractivity contribution in [1.29, 1.82) is 0 Å². The van der Waals surface area contributed by atoms with E-state index in [1.54, 1.807) is 24.3 Å². The molecular weight excluding hydrogens is 252 g/mol. The highest BCUT2D eigenvalue weighted by Gasteiger charge is 2.10. The number of ether oxygens (including phenoxy) is 1. The van der Waals surface area contributed by atoms with Gasteiger partial charge < -0.3 is 15.8 Å². The average Bonchev–Trinajstić information content (AvgIpc) is 2.42. The largest absolute Gasteiger partial charge is 0.494 e. The molecule has 0 aliphatic rings. The maximum Gasteiger partial charge on any atom is 0.255 e. The lowest BCUT2D eigenvalue weighted by Crippen LogP contribution is -2.14. The molecule has 0 heterocycles. The first kappa shape index (κ1) is 13.9. The highest BCUT2D eigenvalue weighted by molar-refractivity contribution is 6.06. The van der Waals surface area contributed by atoms with Crippen LogP contribution in [-0.2, 0) is 0 Å². The number of hydrogen-bond donors (Lipinski definition) is 2. The third kappa shape index (κ3) is 3.09. The molecule has 104 valence electrons. The van der Waals surface area contributed by atoms with Crippen LogP contribution in [0.25, 0.3) is 0 Å². The van der Waals surface area contributed by atoms with Crippen molar-refractivity contribution in [2.24, 2.45) is 0 Å². The van der Waals surface area contributed by atoms with Crippen LogP contribution in [0.1, 0.15) is 22.8 Å². The van der Waals surface area contributed by atoms with Crippen molar-refractivity contribution >= 4 is 17.3 Å². The Morgan fingerprint density at radius 3 is 2.65 bits per heavy atom. The van der Waals surface area contributed by atoms with E-state index in [0.717, 1.165) is 5.56 Å². The fourth-order valence-electron chi connectivity index (χ4n) is 1.93. The number of rotatable bonds is 4. The van der Waals surface area contributed by atoms with E-state index in [4.69, 9.17) is 10.5 Å². The van der Waals surface area contributed by atoms with Gasteiger partial charge in [0.2, 0.25) is 0 Å². The van der Waals surface area contributed by atoms with Crippen LogP contribution in [0.3, 0.4) is 0 Å². The molecule has 0 bridgehead atoms. The van der Waals surface area contributed by atoms with E-state index < -0.39 is 0 Å². The lowest BCUT2D eigenvalue weighted by atomic mass is 10.1. The van der Waals surface area contributed by atoms with E-state index >= 15 is 0 Å². The van der Waals surface area contributed by atoms with E-state index in [0.29, 0.717) is 29.3 Å². The van der Waals surface area contributed by atoms with Crippen molar-refractivity contribution in [2.45, 2.75) is 13.8 Å². The number of carbonyl (C=O) groups is 1. The minimum atomic E-state index is -0.168. The topological polar surface area (TPSA) is 64.3 Å². The first-order chi connectivity index (χ1) is 9.61. The molecule has 2 aromatic carbocycles. The van der Waals surface area contributed by atoms with E-state index in [1.165, 1.54) is 0 Å². The molecule has 0 spiro atoms. The average molecular weight is 270 g/mol. The number of nitrogens with two attached hydrogens (primary N) is 1. The number of nitrogen functional groups attached to an aromatic ring is 1. The van der Waals surface area contributed by atoms with Crippen LogP contribution in [0.15, 0.2) is 42.5 Å². The van der Waals surface area contributed by atoms with Crippen molar-refractivity contribution in [2.75, 3.05) is 17.7 Å². The second kappa shape index (κ2) is 6.10. The van der Waals surface area contributed by atoms with Gasteiger partial charge in [0.1, 0.15) is 5.75 Å². The molecule has 0 saturated carbocycles. The van der Waals surface area contributed by atoms with Gasteiger partial charge in [-0.1, -0.05) is 18.2 Å². The molecule has 0 saturated heterocycles. The van der Waals surface area contributed by atoms with Crippen LogP contribution in [0.5, 0.6) is 5.75 Å². The zero-order valence-corrected chi connectivity index (χ0v) is 11.6. The number of carbonyl (C=O) groups excluding carboxylic acids is 1. The number of amides is 1. The summed E-state index contributed by atoms with van der Waals surface area (Å²) in [7, 11) is 0. The van der Waals surface area contributed by atoms with Gasteiger partial charge in [-0.3, -0.25) is 4.79 Å². The molecule has 0 atom stereocenters. The Hall–Kier alpha value is -2.49. The van der Waals surface area contributed by atoms with Crippen molar-refractivity contribution < 1.29 is 9.53 Å². The maximum atomic E-state index is 12.2. The molecule has 0 aliphatic carbocycles. The Bertz CT molecular complexity index is 624. The summed E-state index contributed by atoms with van der Waals surface area (Å²) in [5.74, 6) is 0.526. The molecule has 0 aromatic heterocycles. The summed E-state index contributed by atoms with van der Waals surface area (Å²) in [6, 6.07) is 12.7. The van der Waals surface area contributed by atoms with Gasteiger partial charge in [-0.05, 0) is 37.6 Å². The number of anilines is 2. The molecule has 3 N–H and O–H groups in total. The second-order valence-electron chi connectivity index (χ2n) is 4.45. The van der Waals surface area contributed by atoms with Crippen LogP contribution in [0.4, 0.5) is 11.4 Å². The van der Waals surface area contributed by atoms with Crippen molar-refractivity contribution in [3.63, 3.8) is 0 Å². The molecule has 20 heavy (non-hydrogen) atoms. The van der Waals surface area contributed by atoms with Crippen LogP contribution in [-0.4, -0.2) is 12.5 Å². The molecule has 0 radical (unpaired) electrons. The van der Waals surface area contributed by atoms with Gasteiger partial charge in [0.15, 0.2) is 0 Å². The summed E-state index contributed by atoms with van der Waals surface area (Å²) in [5, 5.41) is 2.82. The first-order valence-electron chi connectivity index (χ1n) is 6.51. The molecule has 2 aromatic rings. The van der Waals surface area contributed by atoms with E-state index in [9.17, 15) is 4.79 Å². The van der Waals surface area contributed by atoms with Gasteiger partial charge in [-0.25, -0.2) is 0 Å².